The van der Waals surface area contributed by atoms with Crippen molar-refractivity contribution in [2.45, 2.75) is 39.0 Å². The quantitative estimate of drug-likeness (QED) is 0.243. The first-order valence-corrected chi connectivity index (χ1v) is 14.2. The van der Waals surface area contributed by atoms with Gasteiger partial charge in [0.2, 0.25) is 0 Å². The second kappa shape index (κ2) is 10.7. The molecule has 0 saturated heterocycles. The Morgan fingerprint density at radius 1 is 0.794 bits per heavy atom. The first-order chi connectivity index (χ1) is 16.4. The van der Waals surface area contributed by atoms with Crippen molar-refractivity contribution >= 4 is 34.6 Å². The van der Waals surface area contributed by atoms with Crippen molar-refractivity contribution in [3.63, 3.8) is 0 Å². The van der Waals surface area contributed by atoms with Gasteiger partial charge in [-0.3, -0.25) is 4.98 Å². The fourth-order valence-corrected chi connectivity index (χ4v) is 9.33. The van der Waals surface area contributed by atoms with Gasteiger partial charge >= 0.3 is 0 Å². The minimum absolute atomic E-state index is 0.0849. The van der Waals surface area contributed by atoms with Gasteiger partial charge in [0.15, 0.2) is 0 Å². The standard InChI is InChI=1S/C29H30BrNO2Si/c1-29(2,3)34(26-12-6-4-7-13-26,27-14-8-5-9-15-27)33-22-24-19-25(30)16-17-28(24)32-21-23-11-10-18-31-20-23/h4-20H,21-22H2,1-3H3. The molecular weight excluding hydrogens is 502 g/mol. The normalized spacial score (nSPS) is 11.9. The van der Waals surface area contributed by atoms with Crippen LogP contribution >= 0.6 is 15.9 Å². The number of pyridine rings is 1. The number of hydrogen-bond donors (Lipinski definition) is 0. The Morgan fingerprint density at radius 2 is 1.44 bits per heavy atom. The Bertz CT molecular complexity index is 1160. The van der Waals surface area contributed by atoms with Crippen LogP contribution in [0.4, 0.5) is 0 Å². The lowest BCUT2D eigenvalue weighted by atomic mass is 10.2. The largest absolute Gasteiger partial charge is 0.488 e. The van der Waals surface area contributed by atoms with Crippen LogP contribution in [0.25, 0.3) is 0 Å². The molecule has 0 unspecified atom stereocenters. The lowest BCUT2D eigenvalue weighted by Gasteiger charge is -2.43. The molecule has 0 radical (unpaired) electrons. The second-order valence-corrected chi connectivity index (χ2v) is 14.6. The van der Waals surface area contributed by atoms with E-state index in [9.17, 15) is 0 Å². The third-order valence-corrected chi connectivity index (χ3v) is 11.5. The van der Waals surface area contributed by atoms with Gasteiger partial charge in [-0.15, -0.1) is 0 Å². The van der Waals surface area contributed by atoms with E-state index >= 15 is 0 Å². The number of halogens is 1. The highest BCUT2D eigenvalue weighted by molar-refractivity contribution is 9.10. The van der Waals surface area contributed by atoms with Gasteiger partial charge in [-0.05, 0) is 39.7 Å². The number of ether oxygens (including phenoxy) is 1. The van der Waals surface area contributed by atoms with Crippen molar-refractivity contribution in [2.75, 3.05) is 0 Å². The summed E-state index contributed by atoms with van der Waals surface area (Å²) in [6.07, 6.45) is 3.60. The molecule has 3 aromatic carbocycles. The Labute approximate surface area is 212 Å². The zero-order valence-corrected chi connectivity index (χ0v) is 22.5. The van der Waals surface area contributed by atoms with Crippen LogP contribution in [0.1, 0.15) is 31.9 Å². The molecule has 0 saturated carbocycles. The van der Waals surface area contributed by atoms with Gasteiger partial charge in [-0.25, -0.2) is 0 Å². The van der Waals surface area contributed by atoms with Crippen molar-refractivity contribution in [1.29, 1.82) is 0 Å². The summed E-state index contributed by atoms with van der Waals surface area (Å²) in [4.78, 5) is 4.19. The highest BCUT2D eigenvalue weighted by atomic mass is 79.9. The van der Waals surface area contributed by atoms with E-state index in [0.717, 1.165) is 21.3 Å². The van der Waals surface area contributed by atoms with Crippen molar-refractivity contribution in [1.82, 2.24) is 4.98 Å². The smallest absolute Gasteiger partial charge is 0.261 e. The van der Waals surface area contributed by atoms with Crippen LogP contribution in [0.2, 0.25) is 5.04 Å². The SMILES string of the molecule is CC(C)(C)[Si](OCc1cc(Br)ccc1OCc1cccnc1)(c1ccccc1)c1ccccc1. The van der Waals surface area contributed by atoms with E-state index in [-0.39, 0.29) is 5.04 Å². The predicted molar refractivity (Wildman–Crippen MR) is 145 cm³/mol. The fourth-order valence-electron chi connectivity index (χ4n) is 4.39. The fraction of sp³-hybridized carbons (Fsp3) is 0.207. The van der Waals surface area contributed by atoms with E-state index in [0.29, 0.717) is 13.2 Å². The van der Waals surface area contributed by atoms with E-state index in [2.05, 4.69) is 108 Å². The maximum absolute atomic E-state index is 7.13. The average molecular weight is 533 g/mol. The molecule has 0 bridgehead atoms. The summed E-state index contributed by atoms with van der Waals surface area (Å²) in [5.41, 5.74) is 2.05. The van der Waals surface area contributed by atoms with Crippen molar-refractivity contribution in [3.8, 4) is 5.75 Å². The maximum atomic E-state index is 7.13. The Hall–Kier alpha value is -2.73. The van der Waals surface area contributed by atoms with Crippen LogP contribution in [-0.4, -0.2) is 13.3 Å². The number of aromatic nitrogens is 1. The Kier molecular flexibility index (Phi) is 7.66. The average Bonchev–Trinajstić information content (AvgIpc) is 2.85. The van der Waals surface area contributed by atoms with Crippen LogP contribution < -0.4 is 15.1 Å². The van der Waals surface area contributed by atoms with Crippen molar-refractivity contribution < 1.29 is 9.16 Å². The lowest BCUT2D eigenvalue weighted by Crippen LogP contribution is -2.66. The molecule has 0 spiro atoms. The summed E-state index contributed by atoms with van der Waals surface area (Å²) in [7, 11) is -2.64. The van der Waals surface area contributed by atoms with Gasteiger partial charge in [0, 0.05) is 28.0 Å². The van der Waals surface area contributed by atoms with Gasteiger partial charge in [0.05, 0.1) is 6.61 Å². The summed E-state index contributed by atoms with van der Waals surface area (Å²) >= 11 is 3.63. The maximum Gasteiger partial charge on any atom is 0.261 e. The number of benzene rings is 3. The molecule has 0 atom stereocenters. The third-order valence-electron chi connectivity index (χ3n) is 6.00. The summed E-state index contributed by atoms with van der Waals surface area (Å²) in [6.45, 7) is 7.79. The first-order valence-electron chi connectivity index (χ1n) is 11.5. The zero-order valence-electron chi connectivity index (χ0n) is 19.9. The van der Waals surface area contributed by atoms with Crippen molar-refractivity contribution in [3.05, 3.63) is 119 Å². The summed E-state index contributed by atoms with van der Waals surface area (Å²) in [5.74, 6) is 0.824. The van der Waals surface area contributed by atoms with E-state index in [4.69, 9.17) is 9.16 Å². The molecule has 4 aromatic rings. The summed E-state index contributed by atoms with van der Waals surface area (Å²) in [5, 5.41) is 2.45. The Balaban J connectivity index is 1.71. The molecule has 34 heavy (non-hydrogen) atoms. The van der Waals surface area contributed by atoms with Crippen LogP contribution in [0.5, 0.6) is 5.75 Å². The molecule has 4 rings (SSSR count). The molecule has 0 fully saturated rings. The van der Waals surface area contributed by atoms with Crippen molar-refractivity contribution in [2.24, 2.45) is 0 Å². The highest BCUT2D eigenvalue weighted by Crippen LogP contribution is 2.38. The third kappa shape index (κ3) is 5.33. The van der Waals surface area contributed by atoms with Gasteiger partial charge in [-0.1, -0.05) is 103 Å². The highest BCUT2D eigenvalue weighted by Gasteiger charge is 2.50. The van der Waals surface area contributed by atoms with E-state index < -0.39 is 8.32 Å². The van der Waals surface area contributed by atoms with Gasteiger partial charge < -0.3 is 9.16 Å². The predicted octanol–water partition coefficient (Wildman–Crippen LogP) is 6.50. The molecule has 0 N–H and O–H groups in total. The molecule has 0 aliphatic heterocycles. The van der Waals surface area contributed by atoms with Gasteiger partial charge in [0.1, 0.15) is 12.4 Å². The molecule has 174 valence electrons. The molecular formula is C29H30BrNO2Si. The Morgan fingerprint density at radius 3 is 2.00 bits per heavy atom. The van der Waals surface area contributed by atoms with Gasteiger partial charge in [-0.2, -0.15) is 0 Å². The summed E-state index contributed by atoms with van der Waals surface area (Å²) in [6, 6.07) is 31.5. The number of hydrogen-bond acceptors (Lipinski definition) is 3. The topological polar surface area (TPSA) is 31.4 Å². The van der Waals surface area contributed by atoms with Crippen LogP contribution in [0.15, 0.2) is 108 Å². The number of nitrogens with zero attached hydrogens (tertiary/aromatic N) is 1. The molecule has 3 nitrogen and oxygen atoms in total. The van der Waals surface area contributed by atoms with Gasteiger partial charge in [0.25, 0.3) is 8.32 Å². The monoisotopic (exact) mass is 531 g/mol. The second-order valence-electron chi connectivity index (χ2n) is 9.35. The molecule has 0 aliphatic rings. The molecule has 5 heteroatoms. The lowest BCUT2D eigenvalue weighted by molar-refractivity contribution is 0.263. The molecule has 0 amide bonds. The molecule has 0 aliphatic carbocycles. The summed E-state index contributed by atoms with van der Waals surface area (Å²) < 4.78 is 14.3. The van der Waals surface area contributed by atoms with E-state index in [1.807, 2.05) is 30.5 Å². The minimum Gasteiger partial charge on any atom is -0.488 e. The minimum atomic E-state index is -2.64. The van der Waals surface area contributed by atoms with Crippen LogP contribution in [-0.2, 0) is 17.6 Å². The first kappa shape index (κ1) is 24.4. The van der Waals surface area contributed by atoms with E-state index in [1.54, 1.807) is 6.20 Å². The number of rotatable bonds is 8. The molecule has 1 heterocycles. The van der Waals surface area contributed by atoms with Crippen LogP contribution in [0.3, 0.4) is 0 Å². The molecule has 1 aromatic heterocycles. The van der Waals surface area contributed by atoms with E-state index in [1.165, 1.54) is 10.4 Å². The zero-order chi connectivity index (χ0) is 24.0. The van der Waals surface area contributed by atoms with Crippen LogP contribution in [0, 0.1) is 0 Å².